The van der Waals surface area contributed by atoms with Gasteiger partial charge in [-0.15, -0.1) is 0 Å². The molecule has 2 aromatic carbocycles. The second kappa shape index (κ2) is 9.07. The molecule has 1 N–H and O–H groups in total. The maximum atomic E-state index is 12.4. The van der Waals surface area contributed by atoms with E-state index in [-0.39, 0.29) is 11.7 Å². The lowest BCUT2D eigenvalue weighted by Crippen LogP contribution is -2.12. The smallest absolute Gasteiger partial charge is 0.275 e. The molecule has 9 heteroatoms. The molecule has 0 radical (unpaired) electrons. The predicted molar refractivity (Wildman–Crippen MR) is 124 cm³/mol. The van der Waals surface area contributed by atoms with E-state index in [2.05, 4.69) is 20.6 Å². The van der Waals surface area contributed by atoms with Crippen LogP contribution < -0.4 is 14.9 Å². The summed E-state index contributed by atoms with van der Waals surface area (Å²) < 4.78 is 12.2. The molecule has 1 aliphatic heterocycles. The fourth-order valence-corrected chi connectivity index (χ4v) is 3.51. The van der Waals surface area contributed by atoms with Crippen LogP contribution in [0.2, 0.25) is 5.15 Å². The molecule has 4 rings (SSSR count). The van der Waals surface area contributed by atoms with Crippen molar-refractivity contribution in [1.82, 2.24) is 15.2 Å². The van der Waals surface area contributed by atoms with Gasteiger partial charge < -0.3 is 9.47 Å². The highest BCUT2D eigenvalue weighted by molar-refractivity contribution is 6.33. The number of methoxy groups -OCH3 is 2. The van der Waals surface area contributed by atoms with E-state index in [4.69, 9.17) is 21.1 Å². The number of nitrogens with zero attached hydrogens (tertiary/aromatic N) is 4. The molecular weight excluding hydrogens is 430 g/mol. The molecule has 0 fully saturated rings. The zero-order valence-electron chi connectivity index (χ0n) is 17.7. The standard InChI is InChI=1S/C23H20ClN5O3/c1-14-17(21(24)29(28-14)16-7-5-4-6-8-16)12-18-22(26-27-23(18)30)25-13-15-9-10-19(31-2)20(11-15)32-3/h4-13H,1-3H3,(H,27,30)/b18-12-,25-13?. The molecule has 3 aromatic rings. The molecule has 0 unspecified atom stereocenters. The van der Waals surface area contributed by atoms with Crippen molar-refractivity contribution in [3.8, 4) is 17.2 Å². The van der Waals surface area contributed by atoms with Gasteiger partial charge in [-0.3, -0.25) is 4.79 Å². The largest absolute Gasteiger partial charge is 0.493 e. The summed E-state index contributed by atoms with van der Waals surface area (Å²) in [5, 5.41) is 8.93. The van der Waals surface area contributed by atoms with Gasteiger partial charge in [-0.2, -0.15) is 10.2 Å². The number of rotatable bonds is 5. The first kappa shape index (κ1) is 21.3. The van der Waals surface area contributed by atoms with E-state index in [9.17, 15) is 4.79 Å². The molecule has 162 valence electrons. The molecule has 0 aliphatic carbocycles. The molecule has 1 aliphatic rings. The Kier molecular flexibility index (Phi) is 6.04. The van der Waals surface area contributed by atoms with E-state index >= 15 is 0 Å². The lowest BCUT2D eigenvalue weighted by atomic mass is 10.1. The molecule has 0 saturated carbocycles. The normalized spacial score (nSPS) is 14.7. The molecule has 32 heavy (non-hydrogen) atoms. The first-order valence-electron chi connectivity index (χ1n) is 9.68. The minimum atomic E-state index is -0.368. The molecular formula is C23H20ClN5O3. The molecule has 0 bridgehead atoms. The van der Waals surface area contributed by atoms with Crippen LogP contribution in [0.5, 0.6) is 11.5 Å². The second-order valence-corrected chi connectivity index (χ2v) is 7.20. The third kappa shape index (κ3) is 4.13. The van der Waals surface area contributed by atoms with E-state index in [1.807, 2.05) is 43.3 Å². The van der Waals surface area contributed by atoms with Crippen LogP contribution >= 0.6 is 11.6 Å². The lowest BCUT2D eigenvalue weighted by molar-refractivity contribution is -0.116. The van der Waals surface area contributed by atoms with Crippen molar-refractivity contribution < 1.29 is 14.3 Å². The number of aromatic nitrogens is 2. The van der Waals surface area contributed by atoms with Gasteiger partial charge >= 0.3 is 0 Å². The number of hydrogen-bond acceptors (Lipinski definition) is 6. The Labute approximate surface area is 189 Å². The van der Waals surface area contributed by atoms with Crippen LogP contribution in [0.1, 0.15) is 16.8 Å². The maximum absolute atomic E-state index is 12.4. The van der Waals surface area contributed by atoms with Crippen molar-refractivity contribution in [2.75, 3.05) is 14.2 Å². The number of carbonyl (C=O) groups excluding carboxylic acids is 1. The van der Waals surface area contributed by atoms with E-state index in [0.29, 0.717) is 33.5 Å². The van der Waals surface area contributed by atoms with Gasteiger partial charge in [-0.25, -0.2) is 15.1 Å². The molecule has 1 aromatic heterocycles. The van der Waals surface area contributed by atoms with Gasteiger partial charge in [-0.05, 0) is 48.9 Å². The van der Waals surface area contributed by atoms with Crippen LogP contribution in [0.25, 0.3) is 11.8 Å². The fraction of sp³-hybridized carbons (Fsp3) is 0.130. The number of amidine groups is 1. The van der Waals surface area contributed by atoms with Gasteiger partial charge in [0.1, 0.15) is 5.15 Å². The summed E-state index contributed by atoms with van der Waals surface area (Å²) in [6.07, 6.45) is 3.24. The van der Waals surface area contributed by atoms with Crippen LogP contribution in [-0.4, -0.2) is 42.0 Å². The minimum Gasteiger partial charge on any atom is -0.493 e. The third-order valence-electron chi connectivity index (χ3n) is 4.83. The first-order chi connectivity index (χ1) is 15.5. The Morgan fingerprint density at radius 3 is 2.56 bits per heavy atom. The maximum Gasteiger partial charge on any atom is 0.275 e. The fourth-order valence-electron chi connectivity index (χ4n) is 3.18. The highest BCUT2D eigenvalue weighted by Gasteiger charge is 2.24. The number of amides is 1. The highest BCUT2D eigenvalue weighted by atomic mass is 35.5. The van der Waals surface area contributed by atoms with Crippen molar-refractivity contribution in [3.05, 3.63) is 76.1 Å². The van der Waals surface area contributed by atoms with Crippen LogP contribution in [-0.2, 0) is 4.79 Å². The molecule has 2 heterocycles. The highest BCUT2D eigenvalue weighted by Crippen LogP contribution is 2.28. The number of hydrogen-bond donors (Lipinski definition) is 1. The number of nitrogens with one attached hydrogen (secondary N) is 1. The van der Waals surface area contributed by atoms with Gasteiger partial charge in [0.2, 0.25) is 0 Å². The number of ether oxygens (including phenoxy) is 2. The van der Waals surface area contributed by atoms with Crippen LogP contribution in [0.15, 0.2) is 64.2 Å². The van der Waals surface area contributed by atoms with Crippen molar-refractivity contribution in [1.29, 1.82) is 0 Å². The van der Waals surface area contributed by atoms with Crippen molar-refractivity contribution in [2.45, 2.75) is 6.92 Å². The van der Waals surface area contributed by atoms with Gasteiger partial charge in [0.05, 0.1) is 31.2 Å². The van der Waals surface area contributed by atoms with Crippen molar-refractivity contribution >= 4 is 35.6 Å². The van der Waals surface area contributed by atoms with Gasteiger partial charge in [-0.1, -0.05) is 29.8 Å². The number of para-hydroxylation sites is 1. The number of halogens is 1. The average molecular weight is 450 g/mol. The van der Waals surface area contributed by atoms with E-state index in [1.165, 1.54) is 0 Å². The van der Waals surface area contributed by atoms with Crippen LogP contribution in [0.3, 0.4) is 0 Å². The average Bonchev–Trinajstić information content (AvgIpc) is 3.31. The van der Waals surface area contributed by atoms with E-state index in [1.54, 1.807) is 43.3 Å². The Morgan fingerprint density at radius 1 is 1.09 bits per heavy atom. The third-order valence-corrected chi connectivity index (χ3v) is 5.19. The Bertz CT molecular complexity index is 1260. The Balaban J connectivity index is 1.66. The summed E-state index contributed by atoms with van der Waals surface area (Å²) in [4.78, 5) is 16.8. The quantitative estimate of drug-likeness (QED) is 0.474. The van der Waals surface area contributed by atoms with Gasteiger partial charge in [0.15, 0.2) is 17.3 Å². The topological polar surface area (TPSA) is 90.1 Å². The van der Waals surface area contributed by atoms with Crippen molar-refractivity contribution in [3.63, 3.8) is 0 Å². The van der Waals surface area contributed by atoms with Crippen LogP contribution in [0.4, 0.5) is 0 Å². The Morgan fingerprint density at radius 2 is 1.84 bits per heavy atom. The number of benzene rings is 2. The van der Waals surface area contributed by atoms with Gasteiger partial charge in [0, 0.05) is 11.8 Å². The van der Waals surface area contributed by atoms with Gasteiger partial charge in [0.25, 0.3) is 5.91 Å². The number of carbonyl (C=O) groups is 1. The minimum absolute atomic E-state index is 0.243. The summed E-state index contributed by atoms with van der Waals surface area (Å²) in [5.74, 6) is 1.06. The second-order valence-electron chi connectivity index (χ2n) is 6.84. The molecule has 0 saturated heterocycles. The Hall–Kier alpha value is -3.91. The predicted octanol–water partition coefficient (Wildman–Crippen LogP) is 3.80. The summed E-state index contributed by atoms with van der Waals surface area (Å²) in [5.41, 5.74) is 5.61. The summed E-state index contributed by atoms with van der Waals surface area (Å²) in [6, 6.07) is 14.9. The summed E-state index contributed by atoms with van der Waals surface area (Å²) >= 11 is 6.59. The first-order valence-corrected chi connectivity index (χ1v) is 10.1. The number of aliphatic imine (C=N–C) groups is 1. The lowest BCUT2D eigenvalue weighted by Gasteiger charge is -2.07. The monoisotopic (exact) mass is 449 g/mol. The molecule has 0 atom stereocenters. The van der Waals surface area contributed by atoms with E-state index in [0.717, 1.165) is 11.3 Å². The number of aryl methyl sites for hydroxylation is 1. The molecule has 8 nitrogen and oxygen atoms in total. The van der Waals surface area contributed by atoms with E-state index < -0.39 is 0 Å². The summed E-state index contributed by atoms with van der Waals surface area (Å²) in [6.45, 7) is 1.83. The SMILES string of the molecule is COc1ccc(C=NC2=NNC(=O)/C2=C\c2c(C)nn(-c3ccccc3)c2Cl)cc1OC. The summed E-state index contributed by atoms with van der Waals surface area (Å²) in [7, 11) is 3.13. The van der Waals surface area contributed by atoms with Crippen molar-refractivity contribution in [2.24, 2.45) is 10.1 Å². The molecule has 1 amide bonds. The van der Waals surface area contributed by atoms with Crippen LogP contribution in [0, 0.1) is 6.92 Å². The zero-order valence-corrected chi connectivity index (χ0v) is 18.4. The molecule has 0 spiro atoms. The zero-order chi connectivity index (χ0) is 22.7. The number of hydrazone groups is 1.